The lowest BCUT2D eigenvalue weighted by Gasteiger charge is -2.15. The quantitative estimate of drug-likeness (QED) is 0.825. The van der Waals surface area contributed by atoms with Crippen LogP contribution in [0.2, 0.25) is 0 Å². The Kier molecular flexibility index (Phi) is 6.00. The molecule has 1 rings (SSSR count). The number of benzene rings is 1. The second-order valence-electron chi connectivity index (χ2n) is 5.68. The van der Waals surface area contributed by atoms with Gasteiger partial charge in [0.1, 0.15) is 5.82 Å². The van der Waals surface area contributed by atoms with Crippen LogP contribution in [0.4, 0.5) is 4.39 Å². The lowest BCUT2D eigenvalue weighted by Crippen LogP contribution is -2.33. The van der Waals surface area contributed by atoms with Gasteiger partial charge in [-0.05, 0) is 38.3 Å². The van der Waals surface area contributed by atoms with E-state index in [0.717, 1.165) is 24.8 Å². The summed E-state index contributed by atoms with van der Waals surface area (Å²) in [5.41, 5.74) is 1.02. The minimum absolute atomic E-state index is 0.0752. The maximum Gasteiger partial charge on any atom is 0.254 e. The first-order valence-electron chi connectivity index (χ1n) is 6.97. The topological polar surface area (TPSA) is 29.1 Å². The van der Waals surface area contributed by atoms with Crippen LogP contribution in [-0.2, 0) is 0 Å². The fourth-order valence-corrected chi connectivity index (χ4v) is 2.02. The summed E-state index contributed by atoms with van der Waals surface area (Å²) >= 11 is 0. The SMILES string of the molecule is Cc1ccc(F)c(C(=O)NC(C)CCCC(C)C)c1. The molecular formula is C16H24FNO. The standard InChI is InChI=1S/C16H24FNO/c1-11(2)6-5-7-13(4)18-16(19)14-10-12(3)8-9-15(14)17/h8-11,13H,5-7H2,1-4H3,(H,18,19). The molecule has 0 saturated heterocycles. The summed E-state index contributed by atoms with van der Waals surface area (Å²) in [7, 11) is 0. The maximum atomic E-state index is 13.6. The largest absolute Gasteiger partial charge is 0.349 e. The van der Waals surface area contributed by atoms with Crippen molar-refractivity contribution in [1.82, 2.24) is 5.32 Å². The van der Waals surface area contributed by atoms with Crippen molar-refractivity contribution in [3.05, 3.63) is 35.1 Å². The second kappa shape index (κ2) is 7.27. The van der Waals surface area contributed by atoms with Gasteiger partial charge in [-0.1, -0.05) is 38.3 Å². The Bertz CT molecular complexity index is 429. The molecule has 1 unspecified atom stereocenters. The molecule has 0 heterocycles. The van der Waals surface area contributed by atoms with Gasteiger partial charge in [0.25, 0.3) is 5.91 Å². The van der Waals surface area contributed by atoms with Crippen molar-refractivity contribution in [3.63, 3.8) is 0 Å². The van der Waals surface area contributed by atoms with Gasteiger partial charge in [0.2, 0.25) is 0 Å². The van der Waals surface area contributed by atoms with E-state index in [4.69, 9.17) is 0 Å². The Morgan fingerprint density at radius 3 is 2.58 bits per heavy atom. The molecule has 0 aliphatic rings. The number of aryl methyl sites for hydroxylation is 1. The average molecular weight is 265 g/mol. The zero-order valence-electron chi connectivity index (χ0n) is 12.3. The number of carbonyl (C=O) groups is 1. The van der Waals surface area contributed by atoms with Crippen LogP contribution in [0, 0.1) is 18.7 Å². The Morgan fingerprint density at radius 2 is 1.95 bits per heavy atom. The Hall–Kier alpha value is -1.38. The summed E-state index contributed by atoms with van der Waals surface area (Å²) in [5, 5.41) is 2.86. The van der Waals surface area contributed by atoms with Crippen LogP contribution in [0.5, 0.6) is 0 Å². The van der Waals surface area contributed by atoms with Gasteiger partial charge in [0.05, 0.1) is 5.56 Å². The third kappa shape index (κ3) is 5.41. The predicted octanol–water partition coefficient (Wildman–Crippen LogP) is 4.08. The van der Waals surface area contributed by atoms with Gasteiger partial charge in [-0.3, -0.25) is 4.79 Å². The number of nitrogens with one attached hydrogen (secondary N) is 1. The lowest BCUT2D eigenvalue weighted by atomic mass is 10.0. The molecule has 1 N–H and O–H groups in total. The highest BCUT2D eigenvalue weighted by Gasteiger charge is 2.14. The van der Waals surface area contributed by atoms with E-state index in [0.29, 0.717) is 5.92 Å². The van der Waals surface area contributed by atoms with Crippen LogP contribution >= 0.6 is 0 Å². The molecule has 0 aliphatic carbocycles. The van der Waals surface area contributed by atoms with Gasteiger partial charge >= 0.3 is 0 Å². The van der Waals surface area contributed by atoms with Gasteiger partial charge in [-0.15, -0.1) is 0 Å². The van der Waals surface area contributed by atoms with Crippen LogP contribution in [0.15, 0.2) is 18.2 Å². The highest BCUT2D eigenvalue weighted by molar-refractivity contribution is 5.94. The zero-order valence-corrected chi connectivity index (χ0v) is 12.3. The lowest BCUT2D eigenvalue weighted by molar-refractivity contribution is 0.0933. The summed E-state index contributed by atoms with van der Waals surface area (Å²) in [6, 6.07) is 4.67. The van der Waals surface area contributed by atoms with Crippen molar-refractivity contribution in [2.75, 3.05) is 0 Å². The molecule has 1 aromatic rings. The van der Waals surface area contributed by atoms with E-state index >= 15 is 0 Å². The van der Waals surface area contributed by atoms with Gasteiger partial charge in [0.15, 0.2) is 0 Å². The minimum atomic E-state index is -0.461. The molecule has 0 aromatic heterocycles. The van der Waals surface area contributed by atoms with Gasteiger partial charge in [-0.2, -0.15) is 0 Å². The summed E-state index contributed by atoms with van der Waals surface area (Å²) in [6.45, 7) is 8.19. The van der Waals surface area contributed by atoms with Crippen LogP contribution in [0.25, 0.3) is 0 Å². The zero-order chi connectivity index (χ0) is 14.4. The molecule has 19 heavy (non-hydrogen) atoms. The van der Waals surface area contributed by atoms with E-state index in [9.17, 15) is 9.18 Å². The number of rotatable bonds is 6. The Labute approximate surface area is 115 Å². The van der Waals surface area contributed by atoms with E-state index in [1.54, 1.807) is 12.1 Å². The number of carbonyl (C=O) groups excluding carboxylic acids is 1. The predicted molar refractivity (Wildman–Crippen MR) is 76.8 cm³/mol. The molecule has 3 heteroatoms. The molecule has 0 saturated carbocycles. The van der Waals surface area contributed by atoms with E-state index in [1.807, 2.05) is 13.8 Å². The van der Waals surface area contributed by atoms with Crippen molar-refractivity contribution in [3.8, 4) is 0 Å². The van der Waals surface area contributed by atoms with E-state index in [1.165, 1.54) is 6.07 Å². The van der Waals surface area contributed by atoms with E-state index < -0.39 is 5.82 Å². The van der Waals surface area contributed by atoms with E-state index in [2.05, 4.69) is 19.2 Å². The minimum Gasteiger partial charge on any atom is -0.349 e. The monoisotopic (exact) mass is 265 g/mol. The molecule has 106 valence electrons. The van der Waals surface area contributed by atoms with Crippen LogP contribution < -0.4 is 5.32 Å². The number of halogens is 1. The Balaban J connectivity index is 2.52. The van der Waals surface area contributed by atoms with Crippen molar-refractivity contribution in [2.45, 2.75) is 53.0 Å². The molecule has 0 bridgehead atoms. The highest BCUT2D eigenvalue weighted by atomic mass is 19.1. The van der Waals surface area contributed by atoms with Gasteiger partial charge in [-0.25, -0.2) is 4.39 Å². The van der Waals surface area contributed by atoms with Gasteiger partial charge in [0, 0.05) is 6.04 Å². The number of amides is 1. The van der Waals surface area contributed by atoms with Crippen molar-refractivity contribution in [1.29, 1.82) is 0 Å². The first-order chi connectivity index (χ1) is 8.90. The summed E-state index contributed by atoms with van der Waals surface area (Å²) in [5.74, 6) is -0.104. The normalized spacial score (nSPS) is 12.5. The summed E-state index contributed by atoms with van der Waals surface area (Å²) in [4.78, 5) is 12.0. The summed E-state index contributed by atoms with van der Waals surface area (Å²) < 4.78 is 13.6. The van der Waals surface area contributed by atoms with Crippen LogP contribution in [0.3, 0.4) is 0 Å². The summed E-state index contributed by atoms with van der Waals surface area (Å²) in [6.07, 6.45) is 3.16. The maximum absolute atomic E-state index is 13.6. The second-order valence-corrected chi connectivity index (χ2v) is 5.68. The molecule has 1 aromatic carbocycles. The first kappa shape index (κ1) is 15.7. The fraction of sp³-hybridized carbons (Fsp3) is 0.562. The molecule has 1 atom stereocenters. The van der Waals surface area contributed by atoms with Crippen LogP contribution in [-0.4, -0.2) is 11.9 Å². The molecular weight excluding hydrogens is 241 g/mol. The third-order valence-corrected chi connectivity index (χ3v) is 3.16. The Morgan fingerprint density at radius 1 is 1.26 bits per heavy atom. The third-order valence-electron chi connectivity index (χ3n) is 3.16. The molecule has 1 amide bonds. The number of hydrogen-bond donors (Lipinski definition) is 1. The molecule has 0 fully saturated rings. The fourth-order valence-electron chi connectivity index (χ4n) is 2.02. The molecule has 2 nitrogen and oxygen atoms in total. The highest BCUT2D eigenvalue weighted by Crippen LogP contribution is 2.12. The van der Waals surface area contributed by atoms with E-state index in [-0.39, 0.29) is 17.5 Å². The van der Waals surface area contributed by atoms with Crippen molar-refractivity contribution < 1.29 is 9.18 Å². The number of hydrogen-bond acceptors (Lipinski definition) is 1. The average Bonchev–Trinajstić information content (AvgIpc) is 2.31. The molecule has 0 radical (unpaired) electrons. The molecule has 0 spiro atoms. The smallest absolute Gasteiger partial charge is 0.254 e. The first-order valence-corrected chi connectivity index (χ1v) is 6.97. The van der Waals surface area contributed by atoms with Crippen molar-refractivity contribution in [2.24, 2.45) is 5.92 Å². The van der Waals surface area contributed by atoms with Crippen molar-refractivity contribution >= 4 is 5.91 Å². The van der Waals surface area contributed by atoms with Crippen LogP contribution in [0.1, 0.15) is 56.0 Å². The molecule has 0 aliphatic heterocycles. The van der Waals surface area contributed by atoms with Gasteiger partial charge < -0.3 is 5.32 Å².